The zero-order valence-corrected chi connectivity index (χ0v) is 10.2. The van der Waals surface area contributed by atoms with Crippen LogP contribution >= 0.6 is 0 Å². The van der Waals surface area contributed by atoms with Gasteiger partial charge in [0.2, 0.25) is 0 Å². The third kappa shape index (κ3) is 3.87. The highest BCUT2D eigenvalue weighted by Gasteiger charge is 2.13. The van der Waals surface area contributed by atoms with Gasteiger partial charge in [-0.2, -0.15) is 0 Å². The first kappa shape index (κ1) is 13.7. The van der Waals surface area contributed by atoms with Gasteiger partial charge in [0.15, 0.2) is 0 Å². The average molecular weight is 235 g/mol. The van der Waals surface area contributed by atoms with Gasteiger partial charge in [0.05, 0.1) is 0 Å². The van der Waals surface area contributed by atoms with Crippen LogP contribution in [-0.2, 0) is 0 Å². The molecular formula is C12H18BNO3. The molecule has 1 aromatic carbocycles. The molecule has 3 N–H and O–H groups in total. The van der Waals surface area contributed by atoms with Crippen LogP contribution in [0.2, 0.25) is 0 Å². The molecule has 0 aliphatic rings. The molecule has 0 aliphatic heterocycles. The van der Waals surface area contributed by atoms with Gasteiger partial charge in [0.25, 0.3) is 5.91 Å². The third-order valence-corrected chi connectivity index (χ3v) is 2.79. The Bertz CT molecular complexity index is 361. The number of hydrogen-bond acceptors (Lipinski definition) is 3. The molecule has 1 rings (SSSR count). The van der Waals surface area contributed by atoms with E-state index in [0.717, 1.165) is 12.8 Å². The van der Waals surface area contributed by atoms with Crippen LogP contribution < -0.4 is 10.8 Å². The van der Waals surface area contributed by atoms with E-state index in [4.69, 9.17) is 10.0 Å². The van der Waals surface area contributed by atoms with E-state index >= 15 is 0 Å². The summed E-state index contributed by atoms with van der Waals surface area (Å²) in [6.45, 7) is 4.05. The topological polar surface area (TPSA) is 69.6 Å². The Balaban J connectivity index is 2.69. The van der Waals surface area contributed by atoms with E-state index in [1.807, 2.05) is 13.8 Å². The first-order chi connectivity index (χ1) is 8.08. The number of benzene rings is 1. The molecule has 0 bridgehead atoms. The Kier molecular flexibility index (Phi) is 5.19. The Morgan fingerprint density at radius 3 is 2.18 bits per heavy atom. The Morgan fingerprint density at radius 2 is 1.76 bits per heavy atom. The lowest BCUT2D eigenvalue weighted by Gasteiger charge is -2.14. The van der Waals surface area contributed by atoms with Crippen molar-refractivity contribution in [2.75, 3.05) is 0 Å². The van der Waals surface area contributed by atoms with Crippen LogP contribution in [-0.4, -0.2) is 29.1 Å². The number of nitrogens with one attached hydrogen (secondary N) is 1. The van der Waals surface area contributed by atoms with Crippen molar-refractivity contribution in [2.45, 2.75) is 32.7 Å². The Morgan fingerprint density at radius 1 is 1.24 bits per heavy atom. The minimum atomic E-state index is -1.49. The molecule has 0 saturated carbocycles. The van der Waals surface area contributed by atoms with Crippen LogP contribution in [0.4, 0.5) is 0 Å². The molecule has 1 aromatic rings. The van der Waals surface area contributed by atoms with E-state index in [9.17, 15) is 4.79 Å². The fourth-order valence-corrected chi connectivity index (χ4v) is 1.57. The summed E-state index contributed by atoms with van der Waals surface area (Å²) in [5.74, 6) is -0.127. The molecule has 5 heteroatoms. The molecule has 0 heterocycles. The zero-order chi connectivity index (χ0) is 12.8. The van der Waals surface area contributed by atoms with Gasteiger partial charge in [0, 0.05) is 11.6 Å². The van der Waals surface area contributed by atoms with Crippen molar-refractivity contribution in [1.82, 2.24) is 5.32 Å². The summed E-state index contributed by atoms with van der Waals surface area (Å²) in [5, 5.41) is 20.8. The molecular weight excluding hydrogens is 217 g/mol. The van der Waals surface area contributed by atoms with Gasteiger partial charge in [0.1, 0.15) is 0 Å². The van der Waals surface area contributed by atoms with Crippen molar-refractivity contribution in [2.24, 2.45) is 0 Å². The summed E-state index contributed by atoms with van der Waals surface area (Å²) in [7, 11) is -1.49. The maximum Gasteiger partial charge on any atom is 0.488 e. The normalized spacial score (nSPS) is 10.4. The maximum atomic E-state index is 11.8. The van der Waals surface area contributed by atoms with Gasteiger partial charge in [-0.15, -0.1) is 0 Å². The molecule has 0 unspecified atom stereocenters. The lowest BCUT2D eigenvalue weighted by Crippen LogP contribution is -2.34. The van der Waals surface area contributed by atoms with Gasteiger partial charge in [-0.05, 0) is 30.4 Å². The van der Waals surface area contributed by atoms with E-state index < -0.39 is 7.12 Å². The minimum absolute atomic E-state index is 0.127. The molecule has 17 heavy (non-hydrogen) atoms. The molecule has 1 amide bonds. The van der Waals surface area contributed by atoms with Crippen LogP contribution in [0, 0.1) is 0 Å². The second-order valence-electron chi connectivity index (χ2n) is 3.98. The van der Waals surface area contributed by atoms with E-state index in [2.05, 4.69) is 5.32 Å². The van der Waals surface area contributed by atoms with Crippen LogP contribution in [0.3, 0.4) is 0 Å². The number of hydrogen-bond donors (Lipinski definition) is 3. The van der Waals surface area contributed by atoms with Crippen molar-refractivity contribution in [1.29, 1.82) is 0 Å². The predicted molar refractivity (Wildman–Crippen MR) is 68.1 cm³/mol. The summed E-state index contributed by atoms with van der Waals surface area (Å²) in [6.07, 6.45) is 1.80. The number of rotatable bonds is 5. The second kappa shape index (κ2) is 6.42. The van der Waals surface area contributed by atoms with Crippen molar-refractivity contribution in [3.8, 4) is 0 Å². The quantitative estimate of drug-likeness (QED) is 0.642. The molecule has 0 aromatic heterocycles. The number of carbonyl (C=O) groups excluding carboxylic acids is 1. The maximum absolute atomic E-state index is 11.8. The average Bonchev–Trinajstić information content (AvgIpc) is 2.35. The number of amides is 1. The molecule has 92 valence electrons. The summed E-state index contributed by atoms with van der Waals surface area (Å²) in [4.78, 5) is 11.8. The summed E-state index contributed by atoms with van der Waals surface area (Å²) >= 11 is 0. The van der Waals surface area contributed by atoms with E-state index in [0.29, 0.717) is 11.0 Å². The lowest BCUT2D eigenvalue weighted by atomic mass is 9.80. The van der Waals surface area contributed by atoms with Gasteiger partial charge in [-0.25, -0.2) is 0 Å². The summed E-state index contributed by atoms with van der Waals surface area (Å²) in [6, 6.07) is 6.43. The first-order valence-corrected chi connectivity index (χ1v) is 5.85. The molecule has 0 aliphatic carbocycles. The van der Waals surface area contributed by atoms with Crippen LogP contribution in [0.1, 0.15) is 37.0 Å². The first-order valence-electron chi connectivity index (χ1n) is 5.85. The summed E-state index contributed by atoms with van der Waals surface area (Å²) in [5.41, 5.74) is 0.908. The van der Waals surface area contributed by atoms with Gasteiger partial charge < -0.3 is 15.4 Å². The largest absolute Gasteiger partial charge is 0.488 e. The molecule has 0 saturated heterocycles. The fraction of sp³-hybridized carbons (Fsp3) is 0.417. The molecule has 0 radical (unpaired) electrons. The zero-order valence-electron chi connectivity index (χ0n) is 10.2. The predicted octanol–water partition coefficient (Wildman–Crippen LogP) is 0.285. The Labute approximate surface area is 102 Å². The second-order valence-corrected chi connectivity index (χ2v) is 3.98. The fourth-order valence-electron chi connectivity index (χ4n) is 1.57. The molecule has 0 atom stereocenters. The van der Waals surface area contributed by atoms with E-state index in [1.165, 1.54) is 12.1 Å². The summed E-state index contributed by atoms with van der Waals surface area (Å²) < 4.78 is 0. The highest BCUT2D eigenvalue weighted by molar-refractivity contribution is 6.58. The van der Waals surface area contributed by atoms with Crippen molar-refractivity contribution in [3.63, 3.8) is 0 Å². The van der Waals surface area contributed by atoms with Gasteiger partial charge in [-0.1, -0.05) is 26.0 Å². The number of carbonyl (C=O) groups is 1. The molecule has 0 fully saturated rings. The van der Waals surface area contributed by atoms with Crippen molar-refractivity contribution < 1.29 is 14.8 Å². The monoisotopic (exact) mass is 235 g/mol. The highest BCUT2D eigenvalue weighted by atomic mass is 16.4. The van der Waals surface area contributed by atoms with Crippen LogP contribution in [0.15, 0.2) is 24.3 Å². The van der Waals surface area contributed by atoms with Crippen LogP contribution in [0.25, 0.3) is 0 Å². The lowest BCUT2D eigenvalue weighted by molar-refractivity contribution is 0.0935. The Hall–Kier alpha value is -1.33. The molecule has 0 spiro atoms. The minimum Gasteiger partial charge on any atom is -0.423 e. The molecule has 4 nitrogen and oxygen atoms in total. The van der Waals surface area contributed by atoms with Crippen molar-refractivity contribution >= 4 is 18.5 Å². The van der Waals surface area contributed by atoms with Crippen molar-refractivity contribution in [3.05, 3.63) is 29.8 Å². The van der Waals surface area contributed by atoms with E-state index in [1.54, 1.807) is 12.1 Å². The van der Waals surface area contributed by atoms with Gasteiger partial charge in [-0.3, -0.25) is 4.79 Å². The van der Waals surface area contributed by atoms with Crippen LogP contribution in [0.5, 0.6) is 0 Å². The smallest absolute Gasteiger partial charge is 0.423 e. The standard InChI is InChI=1S/C12H18BNO3/c1-3-11(4-2)14-12(15)9-5-7-10(8-6-9)13(16)17/h5-8,11,16-17H,3-4H2,1-2H3,(H,14,15). The van der Waals surface area contributed by atoms with Gasteiger partial charge >= 0.3 is 7.12 Å². The SMILES string of the molecule is CCC(CC)NC(=O)c1ccc(B(O)O)cc1. The highest BCUT2D eigenvalue weighted by Crippen LogP contribution is 2.01. The third-order valence-electron chi connectivity index (χ3n) is 2.79. The van der Waals surface area contributed by atoms with E-state index in [-0.39, 0.29) is 11.9 Å².